The van der Waals surface area contributed by atoms with Crippen LogP contribution in [0.15, 0.2) is 83.5 Å². The van der Waals surface area contributed by atoms with Crippen molar-refractivity contribution in [3.05, 3.63) is 89.2 Å². The number of ketones is 1. The molecule has 0 fully saturated rings. The number of carbonyl (C=O) groups is 2. The van der Waals surface area contributed by atoms with Crippen molar-refractivity contribution in [3.63, 3.8) is 0 Å². The Morgan fingerprint density at radius 3 is 2.17 bits per heavy atom. The van der Waals surface area contributed by atoms with Crippen molar-refractivity contribution in [1.29, 1.82) is 0 Å². The summed E-state index contributed by atoms with van der Waals surface area (Å²) in [6.45, 7) is 2.03. The Labute approximate surface area is 175 Å². The SMILES string of the molecule is CC1=C(C2=CCC(=O)CC2)C(=O)n2nc(-c3ccccc3)c(-c3ccccc3)c2C1. The van der Waals surface area contributed by atoms with Gasteiger partial charge in [0.15, 0.2) is 0 Å². The van der Waals surface area contributed by atoms with E-state index in [1.165, 1.54) is 0 Å². The highest BCUT2D eigenvalue weighted by Gasteiger charge is 2.32. The topological polar surface area (TPSA) is 52.0 Å². The molecule has 2 heterocycles. The molecule has 4 heteroatoms. The lowest BCUT2D eigenvalue weighted by molar-refractivity contribution is -0.118. The van der Waals surface area contributed by atoms with Gasteiger partial charge in [-0.25, -0.2) is 0 Å². The third kappa shape index (κ3) is 3.05. The maximum Gasteiger partial charge on any atom is 0.278 e. The number of rotatable bonds is 3. The monoisotopic (exact) mass is 394 g/mol. The summed E-state index contributed by atoms with van der Waals surface area (Å²) in [5, 5.41) is 4.81. The standard InChI is InChI=1S/C26H22N2O2/c1-17-16-22-24(18-8-4-2-5-9-18)25(20-10-6-3-7-11-20)27-28(22)26(30)23(17)19-12-14-21(29)15-13-19/h2-12H,13-16H2,1H3. The quantitative estimate of drug-likeness (QED) is 0.597. The molecule has 0 saturated heterocycles. The van der Waals surface area contributed by atoms with Crippen LogP contribution in [0.1, 0.15) is 36.7 Å². The molecule has 4 nitrogen and oxygen atoms in total. The van der Waals surface area contributed by atoms with Gasteiger partial charge in [0.25, 0.3) is 5.91 Å². The average molecular weight is 394 g/mol. The molecule has 0 bridgehead atoms. The minimum atomic E-state index is -0.0892. The number of allylic oxidation sites excluding steroid dienone is 4. The first-order chi connectivity index (χ1) is 14.6. The summed E-state index contributed by atoms with van der Waals surface area (Å²) in [4.78, 5) is 25.2. The first-order valence-electron chi connectivity index (χ1n) is 10.3. The second-order valence-electron chi connectivity index (χ2n) is 7.92. The minimum Gasteiger partial charge on any atom is -0.299 e. The molecule has 0 unspecified atom stereocenters. The zero-order chi connectivity index (χ0) is 20.7. The summed E-state index contributed by atoms with van der Waals surface area (Å²) in [5.41, 5.74) is 7.59. The van der Waals surface area contributed by atoms with Gasteiger partial charge in [0.05, 0.1) is 5.69 Å². The molecule has 1 aliphatic carbocycles. The van der Waals surface area contributed by atoms with E-state index in [9.17, 15) is 9.59 Å². The van der Waals surface area contributed by atoms with E-state index in [4.69, 9.17) is 5.10 Å². The van der Waals surface area contributed by atoms with E-state index >= 15 is 0 Å². The van der Waals surface area contributed by atoms with E-state index in [2.05, 4.69) is 12.1 Å². The van der Waals surface area contributed by atoms with Gasteiger partial charge in [0.1, 0.15) is 11.5 Å². The van der Waals surface area contributed by atoms with Crippen LogP contribution in [-0.4, -0.2) is 21.5 Å². The van der Waals surface area contributed by atoms with Crippen molar-refractivity contribution < 1.29 is 9.59 Å². The summed E-state index contributed by atoms with van der Waals surface area (Å²) in [5.74, 6) is 0.145. The first kappa shape index (κ1) is 18.5. The fourth-order valence-corrected chi connectivity index (χ4v) is 4.47. The molecule has 148 valence electrons. The normalized spacial score (nSPS) is 16.5. The third-order valence-electron chi connectivity index (χ3n) is 5.93. The molecule has 0 amide bonds. The summed E-state index contributed by atoms with van der Waals surface area (Å²) in [6.07, 6.45) is 4.14. The molecule has 0 radical (unpaired) electrons. The fourth-order valence-electron chi connectivity index (χ4n) is 4.47. The van der Waals surface area contributed by atoms with Gasteiger partial charge in [-0.05, 0) is 24.5 Å². The van der Waals surface area contributed by atoms with Crippen molar-refractivity contribution in [2.24, 2.45) is 0 Å². The molecule has 30 heavy (non-hydrogen) atoms. The molecule has 5 rings (SSSR count). The van der Waals surface area contributed by atoms with E-state index in [0.29, 0.717) is 25.7 Å². The van der Waals surface area contributed by atoms with Gasteiger partial charge in [-0.3, -0.25) is 9.59 Å². The molecule has 1 aromatic heterocycles. The van der Waals surface area contributed by atoms with Crippen LogP contribution in [-0.2, 0) is 11.2 Å². The van der Waals surface area contributed by atoms with E-state index in [1.54, 1.807) is 4.68 Å². The van der Waals surface area contributed by atoms with Gasteiger partial charge in [-0.2, -0.15) is 9.78 Å². The molecular weight excluding hydrogens is 372 g/mol. The number of hydrogen-bond acceptors (Lipinski definition) is 3. The molecule has 0 N–H and O–H groups in total. The van der Waals surface area contributed by atoms with Gasteiger partial charge < -0.3 is 0 Å². The van der Waals surface area contributed by atoms with Crippen LogP contribution in [0.3, 0.4) is 0 Å². The second-order valence-corrected chi connectivity index (χ2v) is 7.92. The molecule has 0 spiro atoms. The highest BCUT2D eigenvalue weighted by atomic mass is 16.2. The Morgan fingerprint density at radius 2 is 1.53 bits per heavy atom. The van der Waals surface area contributed by atoms with Gasteiger partial charge in [-0.15, -0.1) is 0 Å². The number of carbonyl (C=O) groups excluding carboxylic acids is 2. The van der Waals surface area contributed by atoms with Gasteiger partial charge in [-0.1, -0.05) is 72.3 Å². The Kier molecular flexibility index (Phi) is 4.55. The number of hydrogen-bond donors (Lipinski definition) is 0. The van der Waals surface area contributed by atoms with E-state index in [-0.39, 0.29) is 11.7 Å². The Morgan fingerprint density at radius 1 is 0.867 bits per heavy atom. The van der Waals surface area contributed by atoms with Crippen LogP contribution in [0.4, 0.5) is 0 Å². The zero-order valence-corrected chi connectivity index (χ0v) is 16.9. The lowest BCUT2D eigenvalue weighted by Crippen LogP contribution is -2.26. The van der Waals surface area contributed by atoms with Crippen molar-refractivity contribution in [3.8, 4) is 22.4 Å². The third-order valence-corrected chi connectivity index (χ3v) is 5.93. The summed E-state index contributed by atoms with van der Waals surface area (Å²) >= 11 is 0. The number of nitrogens with zero attached hydrogens (tertiary/aromatic N) is 2. The maximum absolute atomic E-state index is 13.6. The fraction of sp³-hybridized carbons (Fsp3) is 0.192. The predicted molar refractivity (Wildman–Crippen MR) is 117 cm³/mol. The number of benzene rings is 2. The first-order valence-corrected chi connectivity index (χ1v) is 10.3. The van der Waals surface area contributed by atoms with E-state index in [0.717, 1.165) is 44.8 Å². The lowest BCUT2D eigenvalue weighted by atomic mass is 9.86. The Balaban J connectivity index is 1.68. The van der Waals surface area contributed by atoms with E-state index < -0.39 is 0 Å². The van der Waals surface area contributed by atoms with Gasteiger partial charge >= 0.3 is 0 Å². The smallest absolute Gasteiger partial charge is 0.278 e. The molecule has 0 saturated carbocycles. The lowest BCUT2D eigenvalue weighted by Gasteiger charge is -2.23. The van der Waals surface area contributed by atoms with Crippen LogP contribution >= 0.6 is 0 Å². The zero-order valence-electron chi connectivity index (χ0n) is 16.9. The molecule has 2 aliphatic rings. The highest BCUT2D eigenvalue weighted by molar-refractivity contribution is 6.04. The number of aromatic nitrogens is 2. The van der Waals surface area contributed by atoms with Gasteiger partial charge in [0.2, 0.25) is 0 Å². The number of fused-ring (bicyclic) bond motifs is 1. The van der Waals surface area contributed by atoms with Crippen molar-refractivity contribution in [1.82, 2.24) is 9.78 Å². The Bertz CT molecular complexity index is 1210. The second kappa shape index (κ2) is 7.38. The largest absolute Gasteiger partial charge is 0.299 e. The molecule has 2 aromatic carbocycles. The number of Topliss-reactive ketones (excluding diaryl/α,β-unsaturated/α-hetero) is 1. The minimum absolute atomic E-state index is 0.0892. The average Bonchev–Trinajstić information content (AvgIpc) is 3.16. The van der Waals surface area contributed by atoms with Crippen LogP contribution in [0.2, 0.25) is 0 Å². The predicted octanol–water partition coefficient (Wildman–Crippen LogP) is 5.41. The Hall–Kier alpha value is -3.53. The summed E-state index contributed by atoms with van der Waals surface area (Å²) in [6, 6.07) is 20.2. The summed E-state index contributed by atoms with van der Waals surface area (Å²) in [7, 11) is 0. The molecule has 3 aromatic rings. The maximum atomic E-state index is 13.6. The highest BCUT2D eigenvalue weighted by Crippen LogP contribution is 2.39. The van der Waals surface area contributed by atoms with Crippen molar-refractivity contribution in [2.75, 3.05) is 0 Å². The molecule has 1 aliphatic heterocycles. The van der Waals surface area contributed by atoms with Crippen LogP contribution in [0, 0.1) is 0 Å². The van der Waals surface area contributed by atoms with Gasteiger partial charge in [0, 0.05) is 36.0 Å². The van der Waals surface area contributed by atoms with Crippen LogP contribution < -0.4 is 0 Å². The van der Waals surface area contributed by atoms with Crippen molar-refractivity contribution in [2.45, 2.75) is 32.6 Å². The van der Waals surface area contributed by atoms with Crippen LogP contribution in [0.5, 0.6) is 0 Å². The van der Waals surface area contributed by atoms with Crippen molar-refractivity contribution >= 4 is 11.7 Å². The summed E-state index contributed by atoms with van der Waals surface area (Å²) < 4.78 is 1.59. The van der Waals surface area contributed by atoms with Crippen LogP contribution in [0.25, 0.3) is 22.4 Å². The van der Waals surface area contributed by atoms with E-state index in [1.807, 2.05) is 61.5 Å². The molecule has 0 atom stereocenters. The molecular formula is C26H22N2O2.